The predicted molar refractivity (Wildman–Crippen MR) is 45.4 cm³/mol. The van der Waals surface area contributed by atoms with Gasteiger partial charge in [-0.15, -0.1) is 0 Å². The maximum absolute atomic E-state index is 11.4. The van der Waals surface area contributed by atoms with E-state index >= 15 is 0 Å². The Hall–Kier alpha value is 0.490. The maximum atomic E-state index is 11.4. The van der Waals surface area contributed by atoms with Gasteiger partial charge < -0.3 is 5.11 Å². The molecule has 60 valence electrons. The predicted octanol–water partition coefficient (Wildman–Crippen LogP) is 1.09. The summed E-state index contributed by atoms with van der Waals surface area (Å²) in [6.07, 6.45) is 0. The summed E-state index contributed by atoms with van der Waals surface area (Å²) in [6.45, 7) is 0. The van der Waals surface area contributed by atoms with Crippen LogP contribution in [0, 0.1) is 0 Å². The van der Waals surface area contributed by atoms with Gasteiger partial charge in [-0.3, -0.25) is 9.88 Å². The summed E-state index contributed by atoms with van der Waals surface area (Å²) in [4.78, 5) is 10.2. The molecule has 0 aliphatic heterocycles. The average molecular weight is 203 g/mol. The first-order valence-electron chi connectivity index (χ1n) is 2.31. The lowest BCUT2D eigenvalue weighted by molar-refractivity contribution is -0.138. The lowest BCUT2D eigenvalue weighted by Crippen LogP contribution is -2.32. The van der Waals surface area contributed by atoms with Gasteiger partial charge in [0.25, 0.3) is 0 Å². The Bertz CT molecular complexity index is 117. The molecule has 0 heterocycles. The van der Waals surface area contributed by atoms with Crippen LogP contribution in [0.15, 0.2) is 0 Å². The topological polar surface area (TPSA) is 49.3 Å². The number of aliphatic carboxylic acids is 1. The summed E-state index contributed by atoms with van der Waals surface area (Å²) in [5, 5.41) is 10.8. The molecule has 0 saturated heterocycles. The molecule has 0 aromatic carbocycles. The molecule has 0 saturated carbocycles. The number of halogens is 1. The van der Waals surface area contributed by atoms with E-state index in [9.17, 15) is 8.68 Å². The number of hydrogen-bond donors (Lipinski definition) is 2. The van der Waals surface area contributed by atoms with Gasteiger partial charge in [0.15, 0.2) is 0 Å². The van der Waals surface area contributed by atoms with E-state index < -0.39 is 12.0 Å². The number of rotatable bonds is 5. The monoisotopic (exact) mass is 203 g/mol. The van der Waals surface area contributed by atoms with Crippen LogP contribution < -0.4 is 5.09 Å². The van der Waals surface area contributed by atoms with Gasteiger partial charge in [-0.2, -0.15) is 3.89 Å². The van der Waals surface area contributed by atoms with Crippen LogP contribution in [0.25, 0.3) is 0 Å². The minimum absolute atomic E-state index is 0.0668. The van der Waals surface area contributed by atoms with Crippen LogP contribution in [0.5, 0.6) is 0 Å². The average Bonchev–Trinajstić information content (AvgIpc) is 1.89. The molecule has 10 heavy (non-hydrogen) atoms. The van der Waals surface area contributed by atoms with E-state index in [2.05, 4.69) is 14.5 Å². The van der Waals surface area contributed by atoms with Crippen molar-refractivity contribution >= 4 is 37.3 Å². The summed E-state index contributed by atoms with van der Waals surface area (Å²) in [5.74, 6) is -0.767. The minimum atomic E-state index is -0.975. The highest BCUT2D eigenvalue weighted by Gasteiger charge is 2.14. The number of carbonyl (C=O) groups is 1. The summed E-state index contributed by atoms with van der Waals surface area (Å²) < 4.78 is 11.4. The molecular weight excluding hydrogens is 196 g/mol. The molecule has 0 radical (unpaired) electrons. The van der Waals surface area contributed by atoms with Crippen LogP contribution in [-0.4, -0.2) is 22.9 Å². The van der Waals surface area contributed by atoms with Crippen LogP contribution in [0.4, 0.5) is 3.89 Å². The summed E-state index contributed by atoms with van der Waals surface area (Å²) >= 11 is 0.0668. The van der Waals surface area contributed by atoms with Gasteiger partial charge in [0.05, 0.1) is 0 Å². The van der Waals surface area contributed by atoms with Crippen molar-refractivity contribution in [2.45, 2.75) is 6.04 Å². The van der Waals surface area contributed by atoms with Crippen molar-refractivity contribution in [1.82, 2.24) is 5.09 Å². The van der Waals surface area contributed by atoms with Gasteiger partial charge in [-0.05, 0) is 0 Å². The molecule has 0 aliphatic carbocycles. The lowest BCUT2D eigenvalue weighted by atomic mass is 10.4. The molecule has 0 spiro atoms. The third-order valence-electron chi connectivity index (χ3n) is 0.779. The van der Waals surface area contributed by atoms with Crippen LogP contribution >= 0.6 is 31.4 Å². The Morgan fingerprint density at radius 1 is 1.90 bits per heavy atom. The van der Waals surface area contributed by atoms with E-state index in [1.165, 1.54) is 0 Å². The van der Waals surface area contributed by atoms with E-state index in [4.69, 9.17) is 5.11 Å². The molecule has 2 unspecified atom stereocenters. The van der Waals surface area contributed by atoms with Crippen LogP contribution in [0.1, 0.15) is 0 Å². The lowest BCUT2D eigenvalue weighted by Gasteiger charge is -2.06. The van der Waals surface area contributed by atoms with Crippen LogP contribution in [0.2, 0.25) is 0 Å². The SMILES string of the molecule is O=C(O)C(CSSF)NP. The highest BCUT2D eigenvalue weighted by Crippen LogP contribution is 2.22. The standard InChI is InChI=1S/C3H7FNO2PS2/c4-10-9-1-2(5-8)3(6)7/h2,5H,1,8H2,(H,6,7). The van der Waals surface area contributed by atoms with Crippen molar-refractivity contribution < 1.29 is 13.8 Å². The van der Waals surface area contributed by atoms with Gasteiger partial charge in [0.1, 0.15) is 17.2 Å². The molecule has 0 aromatic rings. The fraction of sp³-hybridized carbons (Fsp3) is 0.667. The largest absolute Gasteiger partial charge is 0.480 e. The maximum Gasteiger partial charge on any atom is 0.321 e. The molecule has 2 N–H and O–H groups in total. The smallest absolute Gasteiger partial charge is 0.321 e. The first-order chi connectivity index (χ1) is 4.72. The van der Waals surface area contributed by atoms with Crippen LogP contribution in [-0.2, 0) is 4.79 Å². The quantitative estimate of drug-likeness (QED) is 0.517. The highest BCUT2D eigenvalue weighted by molar-refractivity contribution is 8.74. The van der Waals surface area contributed by atoms with Crippen molar-refractivity contribution in [1.29, 1.82) is 0 Å². The molecule has 0 fully saturated rings. The number of hydrogen-bond acceptors (Lipinski definition) is 4. The van der Waals surface area contributed by atoms with Crippen molar-refractivity contribution in [3.63, 3.8) is 0 Å². The van der Waals surface area contributed by atoms with Gasteiger partial charge in [0.2, 0.25) is 0 Å². The summed E-state index contributed by atoms with van der Waals surface area (Å²) in [6, 6.07) is -0.696. The molecule has 0 aromatic heterocycles. The van der Waals surface area contributed by atoms with Crippen molar-refractivity contribution in [2.75, 3.05) is 5.75 Å². The Labute approximate surface area is 68.5 Å². The molecule has 7 heteroatoms. The third kappa shape index (κ3) is 4.33. The Morgan fingerprint density at radius 2 is 2.50 bits per heavy atom. The highest BCUT2D eigenvalue weighted by atomic mass is 33.1. The normalized spacial score (nSPS) is 13.0. The summed E-state index contributed by atoms with van der Waals surface area (Å²) in [7, 11) is 2.94. The van der Waals surface area contributed by atoms with Crippen molar-refractivity contribution in [2.24, 2.45) is 0 Å². The van der Waals surface area contributed by atoms with Crippen LogP contribution in [0.3, 0.4) is 0 Å². The van der Waals surface area contributed by atoms with E-state index in [0.29, 0.717) is 0 Å². The molecule has 0 bridgehead atoms. The molecule has 0 aliphatic rings. The van der Waals surface area contributed by atoms with Gasteiger partial charge >= 0.3 is 5.97 Å². The Balaban J connectivity index is 3.50. The summed E-state index contributed by atoms with van der Waals surface area (Å²) in [5.41, 5.74) is 0. The second-order valence-electron chi connectivity index (χ2n) is 1.41. The number of nitrogens with one attached hydrogen (secondary N) is 1. The molecule has 2 atom stereocenters. The Morgan fingerprint density at radius 3 is 2.80 bits per heavy atom. The zero-order valence-electron chi connectivity index (χ0n) is 4.91. The van der Waals surface area contributed by atoms with Gasteiger partial charge in [-0.1, -0.05) is 20.2 Å². The molecule has 3 nitrogen and oxygen atoms in total. The van der Waals surface area contributed by atoms with Gasteiger partial charge in [-0.25, -0.2) is 0 Å². The van der Waals surface area contributed by atoms with Gasteiger partial charge in [0, 0.05) is 5.75 Å². The third-order valence-corrected chi connectivity index (χ3v) is 2.41. The first-order valence-corrected chi connectivity index (χ1v) is 5.11. The molecule has 0 rings (SSSR count). The van der Waals surface area contributed by atoms with E-state index in [1.807, 2.05) is 0 Å². The second kappa shape index (κ2) is 6.22. The number of carboxylic acid groups (broad SMARTS) is 1. The fourth-order valence-corrected chi connectivity index (χ4v) is 1.70. The molecular formula is C3H7FNO2PS2. The minimum Gasteiger partial charge on any atom is -0.480 e. The Kier molecular flexibility index (Phi) is 6.52. The second-order valence-corrected chi connectivity index (χ2v) is 3.52. The van der Waals surface area contributed by atoms with E-state index in [-0.39, 0.29) is 16.9 Å². The van der Waals surface area contributed by atoms with Crippen molar-refractivity contribution in [3.05, 3.63) is 0 Å². The first kappa shape index (κ1) is 10.5. The van der Waals surface area contributed by atoms with Crippen molar-refractivity contribution in [3.8, 4) is 0 Å². The number of carboxylic acids is 1. The molecule has 0 amide bonds. The zero-order chi connectivity index (χ0) is 7.98. The van der Waals surface area contributed by atoms with E-state index in [1.54, 1.807) is 0 Å². The van der Waals surface area contributed by atoms with E-state index in [0.717, 1.165) is 10.8 Å². The fourth-order valence-electron chi connectivity index (χ4n) is 0.284. The zero-order valence-corrected chi connectivity index (χ0v) is 7.70.